The first-order chi connectivity index (χ1) is 51.1. The minimum Gasteiger partial charge on any atom is -0.308 e. The Morgan fingerprint density at radius 3 is 1.38 bits per heavy atom. The van der Waals surface area contributed by atoms with E-state index < -0.39 is 0 Å². The molecule has 21 aromatic rings. The van der Waals surface area contributed by atoms with Gasteiger partial charge in [0, 0.05) is 89.7 Å². The van der Waals surface area contributed by atoms with E-state index in [1.807, 2.05) is 11.3 Å². The number of anilines is 6. The molecule has 0 aliphatic carbocycles. The van der Waals surface area contributed by atoms with Gasteiger partial charge in [-0.1, -0.05) is 249 Å². The van der Waals surface area contributed by atoms with Crippen molar-refractivity contribution in [2.75, 3.05) is 9.80 Å². The van der Waals surface area contributed by atoms with Crippen LogP contribution in [0.2, 0.25) is 0 Å². The van der Waals surface area contributed by atoms with Crippen molar-refractivity contribution in [3.8, 4) is 78.4 Å². The second kappa shape index (κ2) is 21.9. The Kier molecular flexibility index (Phi) is 12.1. The summed E-state index contributed by atoms with van der Waals surface area (Å²) in [5.41, 5.74) is 21.5. The maximum atomic E-state index is 5.99. The van der Waals surface area contributed by atoms with Crippen molar-refractivity contribution < 1.29 is 0 Å². The summed E-state index contributed by atoms with van der Waals surface area (Å²) in [4.78, 5) is 28.0. The van der Waals surface area contributed by atoms with Crippen LogP contribution in [0.3, 0.4) is 0 Å². The van der Waals surface area contributed by atoms with Gasteiger partial charge < -0.3 is 4.90 Å². The largest absolute Gasteiger partial charge is 0.308 e. The lowest BCUT2D eigenvalue weighted by atomic mass is 9.88. The third kappa shape index (κ3) is 8.41. The first-order valence-electron chi connectivity index (χ1n) is 34.8. The molecule has 0 bridgehead atoms. The van der Waals surface area contributed by atoms with Crippen LogP contribution in [0.25, 0.3) is 193 Å². The highest BCUT2D eigenvalue weighted by Crippen LogP contribution is 2.58. The molecule has 0 atom stereocenters. The number of fused-ring (bicyclic) bond motifs is 18. The van der Waals surface area contributed by atoms with Crippen LogP contribution in [-0.2, 0) is 0 Å². The third-order valence-corrected chi connectivity index (χ3v) is 25.0. The minimum atomic E-state index is 0.640. The van der Waals surface area contributed by atoms with Gasteiger partial charge in [0.2, 0.25) is 5.95 Å². The SMILES string of the molecule is c1ccc(N2c3c(ccc4ccccc34)-c3cccc4cccc2c34)c(-c2nc(-c3cc(-c4cc(-c5ccc(-c6nc(N7c8c(ccc9ccccc89)-c8cccc9cccc7c89)nc7c6sc6ccccc67)cc5)cc5ccccc45)cc4c3sc3ccccc34)c3sc4ccccc4c3n2)c1. The maximum Gasteiger partial charge on any atom is 0.235 e. The molecule has 0 amide bonds. The highest BCUT2D eigenvalue weighted by Gasteiger charge is 2.34. The number of thiophene rings is 3. The fourth-order valence-electron chi connectivity index (χ4n) is 16.9. The first-order valence-corrected chi connectivity index (χ1v) is 37.3. The van der Waals surface area contributed by atoms with E-state index in [1.165, 1.54) is 89.4 Å². The predicted octanol–water partition coefficient (Wildman–Crippen LogP) is 27.4. The molecule has 0 saturated heterocycles. The van der Waals surface area contributed by atoms with Gasteiger partial charge in [0.1, 0.15) is 0 Å². The number of benzene rings is 16. The van der Waals surface area contributed by atoms with Crippen molar-refractivity contribution in [1.29, 1.82) is 0 Å². The molecule has 6 nitrogen and oxygen atoms in total. The van der Waals surface area contributed by atoms with E-state index in [0.29, 0.717) is 11.8 Å². The van der Waals surface area contributed by atoms with Gasteiger partial charge in [-0.2, -0.15) is 0 Å². The average Bonchev–Trinajstić information content (AvgIpc) is 1.39. The lowest BCUT2D eigenvalue weighted by molar-refractivity contribution is 1.12. The van der Waals surface area contributed by atoms with Crippen molar-refractivity contribution in [2.45, 2.75) is 0 Å². The van der Waals surface area contributed by atoms with Crippen LogP contribution in [0.4, 0.5) is 34.4 Å². The van der Waals surface area contributed by atoms with Crippen LogP contribution < -0.4 is 9.80 Å². The smallest absolute Gasteiger partial charge is 0.235 e. The molecule has 5 aromatic heterocycles. The zero-order valence-corrected chi connectivity index (χ0v) is 57.4. The Balaban J connectivity index is 0.708. The fourth-order valence-corrected chi connectivity index (χ4v) is 20.4. The van der Waals surface area contributed by atoms with Gasteiger partial charge in [0.15, 0.2) is 5.82 Å². The topological polar surface area (TPSA) is 58.0 Å². The monoisotopic (exact) mass is 1360 g/mol. The van der Waals surface area contributed by atoms with Gasteiger partial charge in [-0.25, -0.2) is 19.9 Å². The van der Waals surface area contributed by atoms with Crippen LogP contribution in [0, 0.1) is 0 Å². The minimum absolute atomic E-state index is 0.640. The number of rotatable bonds is 7. The highest BCUT2D eigenvalue weighted by atomic mass is 32.1. The second-order valence-electron chi connectivity index (χ2n) is 27.1. The van der Waals surface area contributed by atoms with Crippen molar-refractivity contribution in [3.05, 3.63) is 315 Å². The molecule has 23 rings (SSSR count). The van der Waals surface area contributed by atoms with Crippen molar-refractivity contribution >= 4 is 183 Å². The number of nitrogens with zero attached hydrogens (tertiary/aromatic N) is 6. The molecule has 103 heavy (non-hydrogen) atoms. The van der Waals surface area contributed by atoms with E-state index in [2.05, 4.69) is 325 Å². The van der Waals surface area contributed by atoms with Gasteiger partial charge in [0.05, 0.1) is 60.3 Å². The molecular weight excluding hydrogens is 1310 g/mol. The zero-order chi connectivity index (χ0) is 67.1. The van der Waals surface area contributed by atoms with Crippen LogP contribution in [0.15, 0.2) is 315 Å². The van der Waals surface area contributed by atoms with E-state index in [-0.39, 0.29) is 0 Å². The normalized spacial score (nSPS) is 12.6. The molecule has 0 spiro atoms. The van der Waals surface area contributed by atoms with E-state index in [9.17, 15) is 0 Å². The molecule has 0 fully saturated rings. The molecule has 0 N–H and O–H groups in total. The van der Waals surface area contributed by atoms with E-state index in [0.717, 1.165) is 126 Å². The van der Waals surface area contributed by atoms with Crippen LogP contribution >= 0.6 is 34.0 Å². The summed E-state index contributed by atoms with van der Waals surface area (Å²) in [5, 5.41) is 16.5. The van der Waals surface area contributed by atoms with E-state index >= 15 is 0 Å². The van der Waals surface area contributed by atoms with Crippen LogP contribution in [0.5, 0.6) is 0 Å². The Morgan fingerprint density at radius 1 is 0.233 bits per heavy atom. The summed E-state index contributed by atoms with van der Waals surface area (Å²) < 4.78 is 6.89. The highest BCUT2D eigenvalue weighted by molar-refractivity contribution is 7.27. The quantitative estimate of drug-likeness (QED) is 0.158. The molecule has 0 saturated carbocycles. The molecule has 0 radical (unpaired) electrons. The number of para-hydroxylation sites is 1. The summed E-state index contributed by atoms with van der Waals surface area (Å²) in [5.74, 6) is 1.31. The average molecular weight is 1360 g/mol. The predicted molar refractivity (Wildman–Crippen MR) is 438 cm³/mol. The molecule has 476 valence electrons. The summed E-state index contributed by atoms with van der Waals surface area (Å²) in [6, 6.07) is 116. The first kappa shape index (κ1) is 57.0. The van der Waals surface area contributed by atoms with Gasteiger partial charge in [-0.05, 0) is 132 Å². The number of aromatic nitrogens is 4. The van der Waals surface area contributed by atoms with Gasteiger partial charge >= 0.3 is 0 Å². The van der Waals surface area contributed by atoms with Gasteiger partial charge in [-0.3, -0.25) is 4.90 Å². The Hall–Kier alpha value is -12.8. The molecular formula is C94H52N6S3. The number of hydrogen-bond acceptors (Lipinski definition) is 9. The standard InChI is InChI=1S/C94H52N6S3/c1-5-27-63-54(19-1)45-47-68-66-33-15-22-56-24-17-36-77(82(56)66)99(88(63)68)76-35-11-7-30-70(76)93-95-85-71-31-9-13-39-80(71)103-92(85)87(96-93)75-52-61(51-74-65-29-8-12-38-79(65)101-90(74)75)73-50-60(49-59-21-3-4-26-62(59)73)53-41-43-58(44-42-53)84-91-86(72-32-10-14-40-81(72)102-91)98-94(97-84)100-78-37-18-25-57-23-16-34-67(83(57)78)69-48-46-55-20-2-6-28-64(55)89(69)100/h1-52H. The Bertz CT molecular complexity index is 7280. The summed E-state index contributed by atoms with van der Waals surface area (Å²) in [7, 11) is 0. The maximum absolute atomic E-state index is 5.99. The Morgan fingerprint density at radius 2 is 0.709 bits per heavy atom. The van der Waals surface area contributed by atoms with Crippen LogP contribution in [0.1, 0.15) is 0 Å². The van der Waals surface area contributed by atoms with Crippen LogP contribution in [-0.4, -0.2) is 19.9 Å². The zero-order valence-electron chi connectivity index (χ0n) is 54.9. The molecule has 9 heteroatoms. The molecule has 2 aliphatic heterocycles. The second-order valence-corrected chi connectivity index (χ2v) is 30.2. The van der Waals surface area contributed by atoms with Crippen molar-refractivity contribution in [3.63, 3.8) is 0 Å². The summed E-state index contributed by atoms with van der Waals surface area (Å²) >= 11 is 5.39. The van der Waals surface area contributed by atoms with Crippen molar-refractivity contribution in [2.24, 2.45) is 0 Å². The van der Waals surface area contributed by atoms with Gasteiger partial charge in [0.25, 0.3) is 0 Å². The summed E-state index contributed by atoms with van der Waals surface area (Å²) in [6.45, 7) is 0. The van der Waals surface area contributed by atoms with Gasteiger partial charge in [-0.15, -0.1) is 34.0 Å². The molecule has 0 unspecified atom stereocenters. The van der Waals surface area contributed by atoms with Crippen molar-refractivity contribution in [1.82, 2.24) is 19.9 Å². The Labute approximate surface area is 602 Å². The third-order valence-electron chi connectivity index (χ3n) is 21.5. The molecule has 16 aromatic carbocycles. The van der Waals surface area contributed by atoms with E-state index in [4.69, 9.17) is 19.9 Å². The fraction of sp³-hybridized carbons (Fsp3) is 0. The lowest BCUT2D eigenvalue weighted by Gasteiger charge is -2.35. The lowest BCUT2D eigenvalue weighted by Crippen LogP contribution is -2.18. The van der Waals surface area contributed by atoms with E-state index in [1.54, 1.807) is 22.7 Å². The molecule has 7 heterocycles. The number of hydrogen-bond donors (Lipinski definition) is 0. The summed E-state index contributed by atoms with van der Waals surface area (Å²) in [6.07, 6.45) is 0. The molecule has 2 aliphatic rings.